The molecule has 1 aromatic carbocycles. The van der Waals surface area contributed by atoms with E-state index >= 15 is 0 Å². The van der Waals surface area contributed by atoms with E-state index in [4.69, 9.17) is 11.6 Å². The van der Waals surface area contributed by atoms with E-state index in [1.807, 2.05) is 0 Å². The van der Waals surface area contributed by atoms with Gasteiger partial charge in [0.1, 0.15) is 0 Å². The van der Waals surface area contributed by atoms with E-state index in [1.54, 1.807) is 24.3 Å². The first-order valence-corrected chi connectivity index (χ1v) is 3.78. The molecule has 0 heterocycles. The highest BCUT2D eigenvalue weighted by atomic mass is 35.5. The van der Waals surface area contributed by atoms with Gasteiger partial charge in [-0.05, 0) is 12.1 Å². The van der Waals surface area contributed by atoms with Crippen LogP contribution in [0.5, 0.6) is 0 Å². The van der Waals surface area contributed by atoms with Crippen molar-refractivity contribution in [3.8, 4) is 0 Å². The lowest BCUT2D eigenvalue weighted by Crippen LogP contribution is -1.93. The Morgan fingerprint density at radius 3 is 2.75 bits per heavy atom. The number of hydrogen-bond donors (Lipinski definition) is 0. The number of hydrogen-bond acceptors (Lipinski definition) is 1. The lowest BCUT2D eigenvalue weighted by atomic mass is 10.1. The second-order valence-corrected chi connectivity index (χ2v) is 2.60. The summed E-state index contributed by atoms with van der Waals surface area (Å²) >= 11 is 5.77. The van der Waals surface area contributed by atoms with Gasteiger partial charge >= 0.3 is 0 Å². The third-order valence-electron chi connectivity index (χ3n) is 1.37. The largest absolute Gasteiger partial charge is 0.289 e. The van der Waals surface area contributed by atoms with E-state index < -0.39 is 0 Å². The number of benzene rings is 1. The molecule has 0 fully saturated rings. The highest BCUT2D eigenvalue weighted by Gasteiger charge is 2.04. The summed E-state index contributed by atoms with van der Waals surface area (Å²) in [6, 6.07) is 6.87. The fourth-order valence-electron chi connectivity index (χ4n) is 0.831. The van der Waals surface area contributed by atoms with Crippen LogP contribution in [0, 0.1) is 0 Å². The molecule has 0 spiro atoms. The van der Waals surface area contributed by atoms with Gasteiger partial charge < -0.3 is 0 Å². The Hall–Kier alpha value is -1.30. The zero-order chi connectivity index (χ0) is 8.97. The monoisotopic (exact) mass is 178 g/mol. The van der Waals surface area contributed by atoms with Gasteiger partial charge in [0.05, 0.1) is 5.02 Å². The van der Waals surface area contributed by atoms with Crippen molar-refractivity contribution in [3.05, 3.63) is 53.2 Å². The Morgan fingerprint density at radius 1 is 1.50 bits per heavy atom. The van der Waals surface area contributed by atoms with Gasteiger partial charge in [0.2, 0.25) is 0 Å². The molecule has 0 radical (unpaired) electrons. The number of carbonyl (C=O) groups is 1. The van der Waals surface area contributed by atoms with Crippen molar-refractivity contribution in [2.45, 2.75) is 0 Å². The summed E-state index contributed by atoms with van der Waals surface area (Å²) in [7, 11) is 0. The molecule has 0 aromatic heterocycles. The Bertz CT molecular complexity index is 349. The van der Waals surface area contributed by atoms with E-state index in [0.717, 1.165) is 0 Å². The van der Waals surface area contributed by atoms with E-state index in [1.165, 1.54) is 6.08 Å². The third-order valence-corrected chi connectivity index (χ3v) is 1.70. The fourth-order valence-corrected chi connectivity index (χ4v) is 1.06. The van der Waals surface area contributed by atoms with Crippen LogP contribution in [0.3, 0.4) is 0 Å². The zero-order valence-corrected chi connectivity index (χ0v) is 7.14. The minimum absolute atomic E-state index is 0.171. The van der Waals surface area contributed by atoms with Gasteiger partial charge in [-0.15, -0.1) is 5.73 Å². The highest BCUT2D eigenvalue weighted by molar-refractivity contribution is 6.34. The molecule has 0 unspecified atom stereocenters. The Balaban J connectivity index is 3.11. The molecule has 12 heavy (non-hydrogen) atoms. The van der Waals surface area contributed by atoms with Gasteiger partial charge in [0.15, 0.2) is 5.78 Å². The number of carbonyl (C=O) groups excluding carboxylic acids is 1. The first kappa shape index (κ1) is 8.79. The number of ketones is 1. The maximum absolute atomic E-state index is 11.2. The topological polar surface area (TPSA) is 17.1 Å². The summed E-state index contributed by atoms with van der Waals surface area (Å²) in [6.07, 6.45) is 1.27. The lowest BCUT2D eigenvalue weighted by Gasteiger charge is -1.96. The van der Waals surface area contributed by atoms with Crippen LogP contribution in [-0.2, 0) is 0 Å². The molecule has 0 aliphatic rings. The smallest absolute Gasteiger partial charge is 0.194 e. The van der Waals surface area contributed by atoms with Crippen molar-refractivity contribution in [1.29, 1.82) is 0 Å². The average Bonchev–Trinajstić information content (AvgIpc) is 2.05. The van der Waals surface area contributed by atoms with Gasteiger partial charge in [-0.3, -0.25) is 4.79 Å². The predicted molar refractivity (Wildman–Crippen MR) is 49.5 cm³/mol. The lowest BCUT2D eigenvalue weighted by molar-refractivity contribution is 0.104. The molecule has 0 amide bonds. The van der Waals surface area contributed by atoms with Crippen LogP contribution in [0.4, 0.5) is 0 Å². The summed E-state index contributed by atoms with van der Waals surface area (Å²) in [4.78, 5) is 11.2. The summed E-state index contributed by atoms with van der Waals surface area (Å²) < 4.78 is 0. The van der Waals surface area contributed by atoms with E-state index in [2.05, 4.69) is 12.3 Å². The molecule has 1 aromatic rings. The van der Waals surface area contributed by atoms with E-state index in [9.17, 15) is 4.79 Å². The van der Waals surface area contributed by atoms with Crippen molar-refractivity contribution in [3.63, 3.8) is 0 Å². The molecule has 0 saturated heterocycles. The van der Waals surface area contributed by atoms with Crippen LogP contribution in [0.1, 0.15) is 10.4 Å². The molecule has 0 bridgehead atoms. The molecule has 0 atom stereocenters. The first-order valence-electron chi connectivity index (χ1n) is 3.40. The van der Waals surface area contributed by atoms with Gasteiger partial charge in [0.25, 0.3) is 0 Å². The van der Waals surface area contributed by atoms with Crippen LogP contribution >= 0.6 is 11.6 Å². The summed E-state index contributed by atoms with van der Waals surface area (Å²) in [6.45, 7) is 3.31. The Labute approximate surface area is 76.0 Å². The van der Waals surface area contributed by atoms with Crippen molar-refractivity contribution < 1.29 is 4.79 Å². The number of allylic oxidation sites excluding steroid dienone is 1. The van der Waals surface area contributed by atoms with Gasteiger partial charge in [-0.2, -0.15) is 0 Å². The SMILES string of the molecule is C=C=CC(=O)c1ccccc1Cl. The molecule has 1 rings (SSSR count). The standard InChI is InChI=1S/C10H7ClO/c1-2-5-10(12)8-6-3-4-7-9(8)11/h3-7H,1H2. The maximum atomic E-state index is 11.2. The molecule has 1 nitrogen and oxygen atoms in total. The maximum Gasteiger partial charge on any atom is 0.194 e. The molecule has 2 heteroatoms. The van der Waals surface area contributed by atoms with Crippen molar-refractivity contribution in [2.24, 2.45) is 0 Å². The summed E-state index contributed by atoms with van der Waals surface area (Å²) in [5.41, 5.74) is 2.89. The Kier molecular flexibility index (Phi) is 2.87. The van der Waals surface area contributed by atoms with Gasteiger partial charge in [-0.25, -0.2) is 0 Å². The first-order chi connectivity index (χ1) is 5.75. The minimum atomic E-state index is -0.171. The van der Waals surface area contributed by atoms with Crippen LogP contribution in [0.25, 0.3) is 0 Å². The van der Waals surface area contributed by atoms with Gasteiger partial charge in [0, 0.05) is 11.6 Å². The zero-order valence-electron chi connectivity index (χ0n) is 6.38. The highest BCUT2D eigenvalue weighted by Crippen LogP contribution is 2.15. The van der Waals surface area contributed by atoms with Gasteiger partial charge in [-0.1, -0.05) is 30.3 Å². The fraction of sp³-hybridized carbons (Fsp3) is 0. The predicted octanol–water partition coefficient (Wildman–Crippen LogP) is 2.86. The molecular weight excluding hydrogens is 172 g/mol. The minimum Gasteiger partial charge on any atom is -0.289 e. The molecule has 60 valence electrons. The quantitative estimate of drug-likeness (QED) is 0.387. The molecule has 0 N–H and O–H groups in total. The molecule has 0 saturated carbocycles. The van der Waals surface area contributed by atoms with Crippen molar-refractivity contribution in [1.82, 2.24) is 0 Å². The van der Waals surface area contributed by atoms with Crippen LogP contribution < -0.4 is 0 Å². The van der Waals surface area contributed by atoms with Crippen molar-refractivity contribution >= 4 is 17.4 Å². The third kappa shape index (κ3) is 1.85. The van der Waals surface area contributed by atoms with Crippen molar-refractivity contribution in [2.75, 3.05) is 0 Å². The van der Waals surface area contributed by atoms with E-state index in [0.29, 0.717) is 10.6 Å². The summed E-state index contributed by atoms with van der Waals surface area (Å²) in [5.74, 6) is -0.171. The Morgan fingerprint density at radius 2 is 2.17 bits per heavy atom. The van der Waals surface area contributed by atoms with Crippen LogP contribution in [0.15, 0.2) is 42.7 Å². The number of halogens is 1. The van der Waals surface area contributed by atoms with Crippen LogP contribution in [0.2, 0.25) is 5.02 Å². The normalized spacial score (nSPS) is 8.75. The second-order valence-electron chi connectivity index (χ2n) is 2.19. The number of rotatable bonds is 2. The molecular formula is C10H7ClO. The average molecular weight is 179 g/mol. The second kappa shape index (κ2) is 3.91. The molecule has 0 aliphatic heterocycles. The van der Waals surface area contributed by atoms with Crippen LogP contribution in [-0.4, -0.2) is 5.78 Å². The molecule has 0 aliphatic carbocycles. The summed E-state index contributed by atoms with van der Waals surface area (Å²) in [5, 5.41) is 0.453. The van der Waals surface area contributed by atoms with E-state index in [-0.39, 0.29) is 5.78 Å².